The Morgan fingerprint density at radius 3 is 2.89 bits per heavy atom. The Morgan fingerprint density at radius 1 is 1.50 bits per heavy atom. The van der Waals surface area contributed by atoms with Crippen LogP contribution < -0.4 is 11.3 Å². The molecule has 18 heavy (non-hydrogen) atoms. The molecule has 0 bridgehead atoms. The maximum absolute atomic E-state index is 11.2. The number of hydrogen-bond acceptors (Lipinski definition) is 6. The molecule has 94 valence electrons. The monoisotopic (exact) mass is 264 g/mol. The Morgan fingerprint density at radius 2 is 2.28 bits per heavy atom. The lowest BCUT2D eigenvalue weighted by atomic mass is 10.2. The van der Waals surface area contributed by atoms with Crippen molar-refractivity contribution in [2.45, 2.75) is 23.7 Å². The highest BCUT2D eigenvalue weighted by atomic mass is 32.2. The molecule has 6 nitrogen and oxygen atoms in total. The summed E-state index contributed by atoms with van der Waals surface area (Å²) in [5, 5.41) is 10.1. The lowest BCUT2D eigenvalue weighted by Gasteiger charge is -2.05. The average molecular weight is 264 g/mol. The van der Waals surface area contributed by atoms with E-state index in [-0.39, 0.29) is 18.0 Å². The topological polar surface area (TPSA) is 105 Å². The predicted octanol–water partition coefficient (Wildman–Crippen LogP) is 0.699. The van der Waals surface area contributed by atoms with Crippen LogP contribution in [-0.2, 0) is 6.61 Å². The lowest BCUT2D eigenvalue weighted by molar-refractivity contribution is 0.281. The summed E-state index contributed by atoms with van der Waals surface area (Å²) in [6, 6.07) is 3.05. The zero-order chi connectivity index (χ0) is 13.1. The van der Waals surface area contributed by atoms with E-state index in [1.54, 1.807) is 6.20 Å². The molecule has 0 radical (unpaired) electrons. The van der Waals surface area contributed by atoms with Gasteiger partial charge in [-0.05, 0) is 35.9 Å². The van der Waals surface area contributed by atoms with Crippen LogP contribution in [0.3, 0.4) is 0 Å². The minimum absolute atomic E-state index is 0.0494. The van der Waals surface area contributed by atoms with Gasteiger partial charge in [-0.25, -0.2) is 9.97 Å². The number of aliphatic hydroxyl groups is 1. The number of nitrogen functional groups attached to an aromatic ring is 1. The summed E-state index contributed by atoms with van der Waals surface area (Å²) >= 11 is 1.22. The molecule has 0 aliphatic carbocycles. The molecular weight excluding hydrogens is 252 g/mol. The number of aromatic nitrogens is 3. The maximum Gasteiger partial charge on any atom is 0.253 e. The number of H-pyrrole nitrogens is 1. The maximum atomic E-state index is 11.2. The number of pyridine rings is 1. The Bertz CT molecular complexity index is 627. The standard InChI is InChI=1S/C11H12N4O2S/c1-6-2-7(5-16)4-13-10(6)18-11-14-8(12)3-9(17)15-11/h2-4,16H,5H2,1H3,(H3,12,14,15,17). The average Bonchev–Trinajstić information content (AvgIpc) is 2.30. The Hall–Kier alpha value is -1.86. The molecule has 2 aromatic heterocycles. The molecule has 0 saturated heterocycles. The number of nitrogens with zero attached hydrogens (tertiary/aromatic N) is 2. The van der Waals surface area contributed by atoms with Gasteiger partial charge in [-0.2, -0.15) is 0 Å². The number of hydrogen-bond donors (Lipinski definition) is 3. The molecule has 0 atom stereocenters. The lowest BCUT2D eigenvalue weighted by Crippen LogP contribution is -2.09. The zero-order valence-corrected chi connectivity index (χ0v) is 10.5. The molecule has 0 unspecified atom stereocenters. The minimum atomic E-state index is -0.297. The van der Waals surface area contributed by atoms with Gasteiger partial charge in [-0.15, -0.1) is 0 Å². The van der Waals surface area contributed by atoms with Gasteiger partial charge in [0.15, 0.2) is 5.16 Å². The highest BCUT2D eigenvalue weighted by Crippen LogP contribution is 2.25. The van der Waals surface area contributed by atoms with Gasteiger partial charge in [-0.1, -0.05) is 0 Å². The van der Waals surface area contributed by atoms with Gasteiger partial charge in [0.25, 0.3) is 5.56 Å². The molecule has 7 heteroatoms. The summed E-state index contributed by atoms with van der Waals surface area (Å²) in [4.78, 5) is 22.0. The summed E-state index contributed by atoms with van der Waals surface area (Å²) in [7, 11) is 0. The molecule has 0 amide bonds. The quantitative estimate of drug-likeness (QED) is 0.705. The van der Waals surface area contributed by atoms with Crippen LogP contribution in [0.25, 0.3) is 0 Å². The molecule has 2 rings (SSSR count). The largest absolute Gasteiger partial charge is 0.392 e. The van der Waals surface area contributed by atoms with Gasteiger partial charge in [0, 0.05) is 12.3 Å². The number of aryl methyl sites for hydroxylation is 1. The minimum Gasteiger partial charge on any atom is -0.392 e. The van der Waals surface area contributed by atoms with Gasteiger partial charge in [0.2, 0.25) is 0 Å². The zero-order valence-electron chi connectivity index (χ0n) is 9.67. The Kier molecular flexibility index (Phi) is 3.63. The van der Waals surface area contributed by atoms with E-state index < -0.39 is 0 Å². The molecule has 0 fully saturated rings. The Balaban J connectivity index is 2.31. The molecular formula is C11H12N4O2S. The van der Waals surface area contributed by atoms with E-state index in [4.69, 9.17) is 10.8 Å². The van der Waals surface area contributed by atoms with Gasteiger partial charge >= 0.3 is 0 Å². The van der Waals surface area contributed by atoms with Crippen LogP contribution in [0.2, 0.25) is 0 Å². The number of nitrogens with two attached hydrogens (primary N) is 1. The van der Waals surface area contributed by atoms with Crippen LogP contribution in [-0.4, -0.2) is 20.1 Å². The van der Waals surface area contributed by atoms with Crippen molar-refractivity contribution < 1.29 is 5.11 Å². The van der Waals surface area contributed by atoms with Gasteiger partial charge in [0.05, 0.1) is 6.61 Å². The van der Waals surface area contributed by atoms with E-state index in [9.17, 15) is 4.79 Å². The van der Waals surface area contributed by atoms with Gasteiger partial charge < -0.3 is 15.8 Å². The van der Waals surface area contributed by atoms with E-state index in [2.05, 4.69) is 15.0 Å². The van der Waals surface area contributed by atoms with E-state index in [1.807, 2.05) is 13.0 Å². The summed E-state index contributed by atoms with van der Waals surface area (Å²) < 4.78 is 0. The molecule has 4 N–H and O–H groups in total. The van der Waals surface area contributed by atoms with Crippen LogP contribution in [0.5, 0.6) is 0 Å². The SMILES string of the molecule is Cc1cc(CO)cnc1Sc1nc(N)cc(=O)[nH]1. The third kappa shape index (κ3) is 2.88. The fourth-order valence-corrected chi connectivity index (χ4v) is 2.22. The first-order valence-corrected chi connectivity index (χ1v) is 6.01. The van der Waals surface area contributed by atoms with Crippen LogP contribution >= 0.6 is 11.8 Å². The van der Waals surface area contributed by atoms with Crippen LogP contribution in [0.1, 0.15) is 11.1 Å². The van der Waals surface area contributed by atoms with Crippen molar-refractivity contribution in [3.8, 4) is 0 Å². The molecule has 2 aromatic rings. The molecule has 0 saturated carbocycles. The number of aliphatic hydroxyl groups excluding tert-OH is 1. The van der Waals surface area contributed by atoms with Crippen LogP contribution in [0, 0.1) is 6.92 Å². The number of aromatic amines is 1. The smallest absolute Gasteiger partial charge is 0.253 e. The van der Waals surface area contributed by atoms with E-state index in [0.29, 0.717) is 10.2 Å². The molecule has 0 aliphatic heterocycles. The highest BCUT2D eigenvalue weighted by Gasteiger charge is 2.06. The Labute approximate surface area is 107 Å². The van der Waals surface area contributed by atoms with Crippen molar-refractivity contribution in [2.24, 2.45) is 0 Å². The first kappa shape index (κ1) is 12.6. The molecule has 2 heterocycles. The van der Waals surface area contributed by atoms with Crippen LogP contribution in [0.15, 0.2) is 33.3 Å². The van der Waals surface area contributed by atoms with E-state index in [0.717, 1.165) is 11.1 Å². The number of anilines is 1. The van der Waals surface area contributed by atoms with Crippen molar-refractivity contribution in [3.63, 3.8) is 0 Å². The number of nitrogens with one attached hydrogen (secondary N) is 1. The highest BCUT2D eigenvalue weighted by molar-refractivity contribution is 7.99. The first-order chi connectivity index (χ1) is 8.58. The van der Waals surface area contributed by atoms with Crippen molar-refractivity contribution >= 4 is 17.6 Å². The van der Waals surface area contributed by atoms with E-state index in [1.165, 1.54) is 17.8 Å². The summed E-state index contributed by atoms with van der Waals surface area (Å²) in [6.45, 7) is 1.82. The predicted molar refractivity (Wildman–Crippen MR) is 68.3 cm³/mol. The van der Waals surface area contributed by atoms with Crippen molar-refractivity contribution in [3.05, 3.63) is 39.8 Å². The third-order valence-corrected chi connectivity index (χ3v) is 3.21. The second-order valence-electron chi connectivity index (χ2n) is 3.70. The molecule has 0 spiro atoms. The summed E-state index contributed by atoms with van der Waals surface area (Å²) in [5.41, 5.74) is 6.84. The van der Waals surface area contributed by atoms with E-state index >= 15 is 0 Å². The second kappa shape index (κ2) is 5.19. The van der Waals surface area contributed by atoms with Crippen molar-refractivity contribution in [2.75, 3.05) is 5.73 Å². The van der Waals surface area contributed by atoms with Crippen LogP contribution in [0.4, 0.5) is 5.82 Å². The van der Waals surface area contributed by atoms with Crippen molar-refractivity contribution in [1.29, 1.82) is 0 Å². The molecule has 0 aliphatic rings. The molecule has 0 aromatic carbocycles. The fraction of sp³-hybridized carbons (Fsp3) is 0.182. The summed E-state index contributed by atoms with van der Waals surface area (Å²) in [6.07, 6.45) is 1.58. The summed E-state index contributed by atoms with van der Waals surface area (Å²) in [5.74, 6) is 0.172. The van der Waals surface area contributed by atoms with Crippen molar-refractivity contribution in [1.82, 2.24) is 15.0 Å². The third-order valence-electron chi connectivity index (χ3n) is 2.20. The number of rotatable bonds is 3. The fourth-order valence-electron chi connectivity index (χ4n) is 1.41. The first-order valence-electron chi connectivity index (χ1n) is 5.19. The second-order valence-corrected chi connectivity index (χ2v) is 4.68. The van der Waals surface area contributed by atoms with Gasteiger partial charge in [0.1, 0.15) is 10.8 Å². The normalized spacial score (nSPS) is 10.6. The van der Waals surface area contributed by atoms with Gasteiger partial charge in [-0.3, -0.25) is 4.79 Å².